The molecule has 168 valence electrons. The van der Waals surface area contributed by atoms with Crippen molar-refractivity contribution in [3.05, 3.63) is 21.8 Å². The monoisotopic (exact) mass is 512 g/mol. The van der Waals surface area contributed by atoms with Crippen LogP contribution in [0.2, 0.25) is 0 Å². The van der Waals surface area contributed by atoms with Gasteiger partial charge in [-0.15, -0.1) is 0 Å². The Kier molecular flexibility index (Phi) is 8.41. The summed E-state index contributed by atoms with van der Waals surface area (Å²) in [5.41, 5.74) is 2.47. The van der Waals surface area contributed by atoms with Crippen LogP contribution in [0.5, 0.6) is 0 Å². The van der Waals surface area contributed by atoms with Crippen molar-refractivity contribution in [3.8, 4) is 0 Å². The van der Waals surface area contributed by atoms with Crippen LogP contribution >= 0.6 is 19.8 Å². The van der Waals surface area contributed by atoms with Crippen LogP contribution in [0, 0.1) is 40.9 Å². The number of hydrogen-bond acceptors (Lipinski definition) is 0. The van der Waals surface area contributed by atoms with E-state index in [0.717, 1.165) is 35.5 Å². The first kappa shape index (κ1) is 23.9. The molecule has 2 aliphatic carbocycles. The molecule has 0 spiro atoms. The third-order valence-corrected chi connectivity index (χ3v) is 15.9. The standard InChI is InChI=1S/C28H49I/c1-20(2)10-8-11-22(4)26-13-14-27-25(12-9-16-28(26,27)7)15-17-29-19-21(3)18-23(5)24(29)6/h15,20-23,26-27H,6,8-14,16-19H2,1-5,7H3/b25-15+. The molecule has 1 saturated heterocycles. The molecule has 0 bridgehead atoms. The van der Waals surface area contributed by atoms with Gasteiger partial charge in [0.2, 0.25) is 0 Å². The number of halogens is 1. The summed E-state index contributed by atoms with van der Waals surface area (Å²) in [6, 6.07) is 0. The average molecular weight is 513 g/mol. The molecule has 1 heterocycles. The first-order valence-corrected chi connectivity index (χ1v) is 16.8. The number of rotatable bonds is 7. The van der Waals surface area contributed by atoms with Crippen molar-refractivity contribution < 1.29 is 0 Å². The fourth-order valence-electron chi connectivity index (χ4n) is 7.14. The number of allylic oxidation sites excluding steroid dienone is 3. The summed E-state index contributed by atoms with van der Waals surface area (Å²) in [7, 11) is 0. The van der Waals surface area contributed by atoms with E-state index < -0.39 is 19.8 Å². The van der Waals surface area contributed by atoms with Gasteiger partial charge in [-0.05, 0) is 0 Å². The molecule has 6 atom stereocenters. The summed E-state index contributed by atoms with van der Waals surface area (Å²) in [6.07, 6.45) is 15.8. The molecular weight excluding hydrogens is 463 g/mol. The topological polar surface area (TPSA) is 0 Å². The van der Waals surface area contributed by atoms with E-state index in [2.05, 4.69) is 54.2 Å². The maximum atomic E-state index is 4.57. The molecular formula is C28H49I. The van der Waals surface area contributed by atoms with Gasteiger partial charge in [0.15, 0.2) is 0 Å². The zero-order chi connectivity index (χ0) is 21.2. The molecule has 0 aromatic carbocycles. The van der Waals surface area contributed by atoms with E-state index in [1.54, 1.807) is 3.58 Å². The van der Waals surface area contributed by atoms with Gasteiger partial charge in [-0.1, -0.05) is 0 Å². The zero-order valence-corrected chi connectivity index (χ0v) is 22.6. The second-order valence-corrected chi connectivity index (χ2v) is 17.4. The van der Waals surface area contributed by atoms with Gasteiger partial charge in [-0.3, -0.25) is 0 Å². The zero-order valence-electron chi connectivity index (χ0n) is 20.4. The summed E-state index contributed by atoms with van der Waals surface area (Å²) in [6.45, 7) is 19.5. The molecule has 0 nitrogen and oxygen atoms in total. The molecule has 1 aliphatic heterocycles. The fraction of sp³-hybridized carbons (Fsp3) is 0.857. The first-order chi connectivity index (χ1) is 13.7. The van der Waals surface area contributed by atoms with Crippen LogP contribution in [0.3, 0.4) is 0 Å². The summed E-state index contributed by atoms with van der Waals surface area (Å²) < 4.78 is 4.65. The van der Waals surface area contributed by atoms with E-state index in [-0.39, 0.29) is 0 Å². The molecule has 0 aromatic heterocycles. The Morgan fingerprint density at radius 2 is 1.93 bits per heavy atom. The van der Waals surface area contributed by atoms with Crippen LogP contribution in [0.25, 0.3) is 0 Å². The molecule has 3 aliphatic rings. The Bertz CT molecular complexity index is 587. The van der Waals surface area contributed by atoms with E-state index in [0.29, 0.717) is 5.41 Å². The van der Waals surface area contributed by atoms with Crippen LogP contribution in [0.4, 0.5) is 0 Å². The quantitative estimate of drug-likeness (QED) is 0.181. The van der Waals surface area contributed by atoms with Crippen molar-refractivity contribution >= 4 is 19.8 Å². The van der Waals surface area contributed by atoms with Crippen molar-refractivity contribution in [3.63, 3.8) is 0 Å². The van der Waals surface area contributed by atoms with Gasteiger partial charge in [-0.25, -0.2) is 0 Å². The molecule has 1 heteroatoms. The predicted octanol–water partition coefficient (Wildman–Crippen LogP) is 9.29. The van der Waals surface area contributed by atoms with E-state index >= 15 is 0 Å². The van der Waals surface area contributed by atoms with Crippen molar-refractivity contribution in [2.24, 2.45) is 40.9 Å². The number of hydrogen-bond donors (Lipinski definition) is 0. The average Bonchev–Trinajstić information content (AvgIpc) is 3.00. The minimum atomic E-state index is -0.996. The second-order valence-electron chi connectivity index (χ2n) is 11.6. The Labute approximate surface area is 190 Å². The van der Waals surface area contributed by atoms with Gasteiger partial charge in [0.1, 0.15) is 0 Å². The van der Waals surface area contributed by atoms with Crippen LogP contribution in [-0.2, 0) is 0 Å². The summed E-state index contributed by atoms with van der Waals surface area (Å²) in [5.74, 6) is 5.38. The van der Waals surface area contributed by atoms with Gasteiger partial charge in [-0.2, -0.15) is 0 Å². The summed E-state index contributed by atoms with van der Waals surface area (Å²) >= 11 is -0.996. The SMILES string of the molecule is C=C1C(C)CC(C)CI1C/C=C1\CCCC2(C)C1CCC2C(C)CCCC(C)C. The molecule has 3 rings (SSSR count). The second kappa shape index (κ2) is 10.2. The normalized spacial score (nSPS) is 39.2. The summed E-state index contributed by atoms with van der Waals surface area (Å²) in [5, 5.41) is 0. The van der Waals surface area contributed by atoms with Crippen LogP contribution in [-0.4, -0.2) is 8.86 Å². The van der Waals surface area contributed by atoms with E-state index in [1.807, 2.05) is 5.57 Å². The molecule has 0 radical (unpaired) electrons. The van der Waals surface area contributed by atoms with Gasteiger partial charge in [0, 0.05) is 0 Å². The van der Waals surface area contributed by atoms with Crippen molar-refractivity contribution in [2.45, 2.75) is 99.3 Å². The Morgan fingerprint density at radius 1 is 1.17 bits per heavy atom. The molecule has 6 unspecified atom stereocenters. The third kappa shape index (κ3) is 5.53. The number of fused-ring (bicyclic) bond motifs is 1. The van der Waals surface area contributed by atoms with Crippen molar-refractivity contribution in [1.82, 2.24) is 0 Å². The third-order valence-electron chi connectivity index (χ3n) is 8.77. The van der Waals surface area contributed by atoms with Gasteiger partial charge < -0.3 is 0 Å². The Hall–Kier alpha value is 0.210. The Morgan fingerprint density at radius 3 is 2.66 bits per heavy atom. The van der Waals surface area contributed by atoms with E-state index in [1.165, 1.54) is 66.6 Å². The predicted molar refractivity (Wildman–Crippen MR) is 140 cm³/mol. The van der Waals surface area contributed by atoms with Crippen molar-refractivity contribution in [2.75, 3.05) is 8.86 Å². The maximum absolute atomic E-state index is 4.57. The molecule has 3 fully saturated rings. The van der Waals surface area contributed by atoms with Gasteiger partial charge in [0.05, 0.1) is 0 Å². The minimum absolute atomic E-state index is 0.592. The van der Waals surface area contributed by atoms with E-state index in [9.17, 15) is 0 Å². The van der Waals surface area contributed by atoms with E-state index in [4.69, 9.17) is 0 Å². The van der Waals surface area contributed by atoms with Crippen LogP contribution in [0.15, 0.2) is 21.8 Å². The first-order valence-electron chi connectivity index (χ1n) is 12.7. The molecule has 0 N–H and O–H groups in total. The summed E-state index contributed by atoms with van der Waals surface area (Å²) in [4.78, 5) is 0. The number of alkyl halides is 2. The van der Waals surface area contributed by atoms with Crippen molar-refractivity contribution in [1.29, 1.82) is 0 Å². The van der Waals surface area contributed by atoms with Gasteiger partial charge >= 0.3 is 191 Å². The molecule has 29 heavy (non-hydrogen) atoms. The van der Waals surface area contributed by atoms with Gasteiger partial charge in [0.25, 0.3) is 0 Å². The molecule has 2 saturated carbocycles. The van der Waals surface area contributed by atoms with Crippen LogP contribution in [0.1, 0.15) is 99.3 Å². The fourth-order valence-corrected chi connectivity index (χ4v) is 13.7. The Balaban J connectivity index is 1.64. The molecule has 0 aromatic rings. The molecule has 0 amide bonds. The van der Waals surface area contributed by atoms with Crippen LogP contribution < -0.4 is 0 Å².